The largest absolute Gasteiger partial charge is 0.395 e. The second-order valence-electron chi connectivity index (χ2n) is 5.11. The van der Waals surface area contributed by atoms with Gasteiger partial charge in [-0.25, -0.2) is 4.98 Å². The molecule has 1 rings (SSSR count). The normalized spacial score (nSPS) is 11.7. The summed E-state index contributed by atoms with van der Waals surface area (Å²) in [6.45, 7) is 7.00. The number of rotatable bonds is 5. The summed E-state index contributed by atoms with van der Waals surface area (Å²) in [7, 11) is 0. The first-order valence-corrected chi connectivity index (χ1v) is 6.89. The zero-order valence-corrected chi connectivity index (χ0v) is 12.3. The van der Waals surface area contributed by atoms with E-state index < -0.39 is 0 Å². The van der Waals surface area contributed by atoms with Crippen LogP contribution in [0.1, 0.15) is 43.2 Å². The number of aromatic nitrogens is 1. The van der Waals surface area contributed by atoms with E-state index in [0.717, 1.165) is 0 Å². The molecule has 0 aliphatic heterocycles. The van der Waals surface area contributed by atoms with Gasteiger partial charge in [-0.15, -0.1) is 0 Å². The van der Waals surface area contributed by atoms with Crippen molar-refractivity contribution in [2.24, 2.45) is 11.8 Å². The van der Waals surface area contributed by atoms with Gasteiger partial charge in [-0.05, 0) is 24.0 Å². The van der Waals surface area contributed by atoms with E-state index in [2.05, 4.69) is 42.9 Å². The van der Waals surface area contributed by atoms with Gasteiger partial charge < -0.3 is 10.4 Å². The van der Waals surface area contributed by atoms with E-state index in [-0.39, 0.29) is 12.5 Å². The van der Waals surface area contributed by atoms with Gasteiger partial charge in [-0.1, -0.05) is 32.6 Å². The fourth-order valence-electron chi connectivity index (χ4n) is 1.47. The predicted octanol–water partition coefficient (Wildman–Crippen LogP) is 1.84. The highest BCUT2D eigenvalue weighted by atomic mass is 16.2. The number of aliphatic hydroxyl groups is 1. The van der Waals surface area contributed by atoms with Crippen LogP contribution < -0.4 is 5.32 Å². The number of carbonyl (C=O) groups excluding carboxylic acids is 1. The van der Waals surface area contributed by atoms with Gasteiger partial charge >= 0.3 is 0 Å². The first-order valence-electron chi connectivity index (χ1n) is 6.89. The molecule has 2 N–H and O–H groups in total. The van der Waals surface area contributed by atoms with E-state index in [1.54, 1.807) is 18.3 Å². The minimum absolute atomic E-state index is 0.0146. The summed E-state index contributed by atoms with van der Waals surface area (Å²) >= 11 is 0. The van der Waals surface area contributed by atoms with Crippen molar-refractivity contribution in [3.8, 4) is 11.8 Å². The quantitative estimate of drug-likeness (QED) is 0.805. The maximum absolute atomic E-state index is 12.1. The molecule has 1 heterocycles. The van der Waals surface area contributed by atoms with Gasteiger partial charge in [-0.3, -0.25) is 4.79 Å². The zero-order chi connectivity index (χ0) is 15.0. The molecule has 108 valence electrons. The number of pyridine rings is 1. The Morgan fingerprint density at radius 3 is 2.85 bits per heavy atom. The molecule has 1 atom stereocenters. The monoisotopic (exact) mass is 274 g/mol. The second-order valence-corrected chi connectivity index (χ2v) is 5.11. The Morgan fingerprint density at radius 2 is 2.20 bits per heavy atom. The SMILES string of the molecule is CC(C)C(C)CNC(=O)c1ncccc1C#CCCO. The van der Waals surface area contributed by atoms with E-state index in [1.807, 2.05) is 0 Å². The molecule has 0 saturated heterocycles. The third kappa shape index (κ3) is 5.02. The van der Waals surface area contributed by atoms with Crippen LogP contribution in [0.5, 0.6) is 0 Å². The highest BCUT2D eigenvalue weighted by molar-refractivity contribution is 5.94. The van der Waals surface area contributed by atoms with Gasteiger partial charge in [0.05, 0.1) is 12.2 Å². The molecule has 4 nitrogen and oxygen atoms in total. The first-order chi connectivity index (χ1) is 9.56. The molecular weight excluding hydrogens is 252 g/mol. The molecule has 0 aliphatic rings. The Labute approximate surface area is 120 Å². The van der Waals surface area contributed by atoms with Crippen LogP contribution in [0.3, 0.4) is 0 Å². The van der Waals surface area contributed by atoms with E-state index in [9.17, 15) is 4.79 Å². The summed E-state index contributed by atoms with van der Waals surface area (Å²) in [5.74, 6) is 6.40. The Balaban J connectivity index is 2.76. The number of nitrogens with zero attached hydrogens (tertiary/aromatic N) is 1. The van der Waals surface area contributed by atoms with E-state index in [0.29, 0.717) is 36.1 Å². The molecule has 20 heavy (non-hydrogen) atoms. The molecule has 1 amide bonds. The molecule has 0 bridgehead atoms. The fourth-order valence-corrected chi connectivity index (χ4v) is 1.47. The van der Waals surface area contributed by atoms with Crippen LogP contribution in [0.15, 0.2) is 18.3 Å². The minimum atomic E-state index is -0.202. The number of hydrogen-bond acceptors (Lipinski definition) is 3. The standard InChI is InChI=1S/C16H22N2O2/c1-12(2)13(3)11-18-16(20)15-14(7-4-5-10-19)8-6-9-17-15/h6,8-9,12-13,19H,5,10-11H2,1-3H3,(H,18,20). The lowest BCUT2D eigenvalue weighted by Gasteiger charge is -2.16. The number of carbonyl (C=O) groups is 1. The van der Waals surface area contributed by atoms with Crippen LogP contribution >= 0.6 is 0 Å². The third-order valence-corrected chi connectivity index (χ3v) is 3.21. The summed E-state index contributed by atoms with van der Waals surface area (Å²) in [4.78, 5) is 16.2. The fraction of sp³-hybridized carbons (Fsp3) is 0.500. The molecule has 1 aromatic heterocycles. The number of nitrogens with one attached hydrogen (secondary N) is 1. The number of amides is 1. The van der Waals surface area contributed by atoms with Crippen molar-refractivity contribution < 1.29 is 9.90 Å². The van der Waals surface area contributed by atoms with E-state index in [4.69, 9.17) is 5.11 Å². The maximum atomic E-state index is 12.1. The van der Waals surface area contributed by atoms with E-state index in [1.165, 1.54) is 0 Å². The second kappa shape index (κ2) is 8.34. The van der Waals surface area contributed by atoms with Crippen molar-refractivity contribution >= 4 is 5.91 Å². The predicted molar refractivity (Wildman–Crippen MR) is 79.2 cm³/mol. The van der Waals surface area contributed by atoms with Crippen LogP contribution in [-0.2, 0) is 0 Å². The van der Waals surface area contributed by atoms with Gasteiger partial charge in [0.25, 0.3) is 5.91 Å². The molecule has 0 spiro atoms. The van der Waals surface area contributed by atoms with Gasteiger partial charge in [-0.2, -0.15) is 0 Å². The Bertz CT molecular complexity index is 501. The molecular formula is C16H22N2O2. The van der Waals surface area contributed by atoms with Crippen molar-refractivity contribution in [1.29, 1.82) is 0 Å². The average Bonchev–Trinajstić information content (AvgIpc) is 2.45. The smallest absolute Gasteiger partial charge is 0.271 e. The zero-order valence-electron chi connectivity index (χ0n) is 12.3. The topological polar surface area (TPSA) is 62.2 Å². The summed E-state index contributed by atoms with van der Waals surface area (Å²) in [6.07, 6.45) is 1.97. The molecule has 4 heteroatoms. The lowest BCUT2D eigenvalue weighted by Crippen LogP contribution is -2.31. The van der Waals surface area contributed by atoms with Crippen molar-refractivity contribution in [3.05, 3.63) is 29.6 Å². The lowest BCUT2D eigenvalue weighted by atomic mass is 9.98. The highest BCUT2D eigenvalue weighted by Gasteiger charge is 2.13. The van der Waals surface area contributed by atoms with Crippen molar-refractivity contribution in [1.82, 2.24) is 10.3 Å². The molecule has 0 radical (unpaired) electrons. The van der Waals surface area contributed by atoms with Gasteiger partial charge in [0.15, 0.2) is 0 Å². The molecule has 0 fully saturated rings. The van der Waals surface area contributed by atoms with Crippen LogP contribution in [0, 0.1) is 23.7 Å². The Morgan fingerprint density at radius 1 is 1.45 bits per heavy atom. The van der Waals surface area contributed by atoms with Crippen molar-refractivity contribution in [2.75, 3.05) is 13.2 Å². The summed E-state index contributed by atoms with van der Waals surface area (Å²) < 4.78 is 0. The summed E-state index contributed by atoms with van der Waals surface area (Å²) in [5.41, 5.74) is 0.935. The van der Waals surface area contributed by atoms with Crippen LogP contribution in [0.25, 0.3) is 0 Å². The summed E-state index contributed by atoms with van der Waals surface area (Å²) in [5, 5.41) is 11.6. The van der Waals surface area contributed by atoms with E-state index >= 15 is 0 Å². The minimum Gasteiger partial charge on any atom is -0.395 e. The average molecular weight is 274 g/mol. The third-order valence-electron chi connectivity index (χ3n) is 3.21. The van der Waals surface area contributed by atoms with Crippen LogP contribution in [-0.4, -0.2) is 29.1 Å². The maximum Gasteiger partial charge on any atom is 0.271 e. The van der Waals surface area contributed by atoms with Gasteiger partial charge in [0, 0.05) is 19.2 Å². The Kier molecular flexibility index (Phi) is 6.75. The van der Waals surface area contributed by atoms with Crippen molar-refractivity contribution in [2.45, 2.75) is 27.2 Å². The number of aliphatic hydroxyl groups excluding tert-OH is 1. The summed E-state index contributed by atoms with van der Waals surface area (Å²) in [6, 6.07) is 3.51. The van der Waals surface area contributed by atoms with Gasteiger partial charge in [0.1, 0.15) is 5.69 Å². The van der Waals surface area contributed by atoms with Gasteiger partial charge in [0.2, 0.25) is 0 Å². The number of hydrogen-bond donors (Lipinski definition) is 2. The molecule has 0 saturated carbocycles. The lowest BCUT2D eigenvalue weighted by molar-refractivity contribution is 0.0939. The highest BCUT2D eigenvalue weighted by Crippen LogP contribution is 2.09. The molecule has 1 aromatic rings. The Hall–Kier alpha value is -1.86. The van der Waals surface area contributed by atoms with Crippen molar-refractivity contribution in [3.63, 3.8) is 0 Å². The molecule has 1 unspecified atom stereocenters. The van der Waals surface area contributed by atoms with Crippen LogP contribution in [0.2, 0.25) is 0 Å². The molecule has 0 aliphatic carbocycles. The molecule has 0 aromatic carbocycles. The first kappa shape index (κ1) is 16.2. The van der Waals surface area contributed by atoms with Crippen LogP contribution in [0.4, 0.5) is 0 Å².